The Morgan fingerprint density at radius 2 is 1.90 bits per heavy atom. The van der Waals surface area contributed by atoms with E-state index in [1.54, 1.807) is 18.2 Å². The van der Waals surface area contributed by atoms with E-state index >= 15 is 0 Å². The summed E-state index contributed by atoms with van der Waals surface area (Å²) in [7, 11) is 3.07. The van der Waals surface area contributed by atoms with E-state index in [1.807, 2.05) is 6.92 Å². The van der Waals surface area contributed by atoms with Crippen molar-refractivity contribution in [2.45, 2.75) is 13.0 Å². The lowest BCUT2D eigenvalue weighted by atomic mass is 10.1. The third-order valence-corrected chi connectivity index (χ3v) is 2.81. The number of amides is 1. The molecule has 1 atom stereocenters. The van der Waals surface area contributed by atoms with Gasteiger partial charge in [0.2, 0.25) is 0 Å². The molecule has 2 aromatic rings. The molecule has 7 heteroatoms. The van der Waals surface area contributed by atoms with Crippen molar-refractivity contribution in [2.24, 2.45) is 0 Å². The lowest BCUT2D eigenvalue weighted by Crippen LogP contribution is -2.27. The van der Waals surface area contributed by atoms with Crippen molar-refractivity contribution in [3.05, 3.63) is 35.9 Å². The zero-order valence-electron chi connectivity index (χ0n) is 11.5. The topological polar surface area (TPSA) is 89.1 Å². The first-order valence-electron chi connectivity index (χ1n) is 6.03. The summed E-state index contributed by atoms with van der Waals surface area (Å²) in [6, 6.07) is 4.72. The number of carbonyl (C=O) groups is 1. The van der Waals surface area contributed by atoms with E-state index < -0.39 is 0 Å². The van der Waals surface area contributed by atoms with Gasteiger partial charge in [0.1, 0.15) is 23.7 Å². The van der Waals surface area contributed by atoms with Crippen molar-refractivity contribution < 1.29 is 14.3 Å². The molecule has 0 saturated heterocycles. The Balaban J connectivity index is 2.16. The lowest BCUT2D eigenvalue weighted by molar-refractivity contribution is 0.0937. The summed E-state index contributed by atoms with van der Waals surface area (Å²) in [6.45, 7) is 1.82. The number of methoxy groups -OCH3 is 2. The van der Waals surface area contributed by atoms with Crippen LogP contribution in [-0.2, 0) is 0 Å². The Kier molecular flexibility index (Phi) is 4.19. The number of ether oxygens (including phenoxy) is 2. The quantitative estimate of drug-likeness (QED) is 0.859. The molecule has 0 saturated carbocycles. The lowest BCUT2D eigenvalue weighted by Gasteiger charge is -2.12. The minimum Gasteiger partial charge on any atom is -0.497 e. The van der Waals surface area contributed by atoms with E-state index in [-0.39, 0.29) is 11.9 Å². The average Bonchev–Trinajstić information content (AvgIpc) is 3.00. The summed E-state index contributed by atoms with van der Waals surface area (Å²) in [5, 5.41) is 9.28. The first kappa shape index (κ1) is 13.9. The van der Waals surface area contributed by atoms with Crippen LogP contribution in [-0.4, -0.2) is 35.3 Å². The third-order valence-electron chi connectivity index (χ3n) is 2.81. The van der Waals surface area contributed by atoms with Gasteiger partial charge in [0.25, 0.3) is 5.91 Å². The fourth-order valence-electron chi connectivity index (χ4n) is 1.71. The molecule has 0 fully saturated rings. The highest BCUT2D eigenvalue weighted by Gasteiger charge is 2.15. The average molecular weight is 276 g/mol. The van der Waals surface area contributed by atoms with Gasteiger partial charge >= 0.3 is 0 Å². The molecule has 1 aromatic carbocycles. The Bertz CT molecular complexity index is 561. The maximum absolute atomic E-state index is 12.2. The summed E-state index contributed by atoms with van der Waals surface area (Å²) < 4.78 is 10.3. The van der Waals surface area contributed by atoms with Gasteiger partial charge in [-0.2, -0.15) is 5.10 Å². The molecular formula is C13H16N4O3. The predicted octanol–water partition coefficient (Wildman–Crippen LogP) is 1.31. The van der Waals surface area contributed by atoms with Crippen molar-refractivity contribution in [1.29, 1.82) is 0 Å². The summed E-state index contributed by atoms with van der Waals surface area (Å²) >= 11 is 0. The van der Waals surface area contributed by atoms with Gasteiger partial charge in [0, 0.05) is 11.6 Å². The van der Waals surface area contributed by atoms with Gasteiger partial charge < -0.3 is 14.8 Å². The van der Waals surface area contributed by atoms with Crippen LogP contribution in [0.1, 0.15) is 29.1 Å². The Morgan fingerprint density at radius 1 is 1.25 bits per heavy atom. The van der Waals surface area contributed by atoms with Gasteiger partial charge in [-0.05, 0) is 19.1 Å². The fraction of sp³-hybridized carbons (Fsp3) is 0.308. The second-order valence-corrected chi connectivity index (χ2v) is 4.17. The molecule has 2 rings (SSSR count). The van der Waals surface area contributed by atoms with Crippen LogP contribution in [0.25, 0.3) is 0 Å². The smallest absolute Gasteiger partial charge is 0.252 e. The van der Waals surface area contributed by atoms with E-state index in [1.165, 1.54) is 20.5 Å². The van der Waals surface area contributed by atoms with Gasteiger partial charge in [-0.15, -0.1) is 0 Å². The minimum atomic E-state index is -0.276. The summed E-state index contributed by atoms with van der Waals surface area (Å²) in [6.07, 6.45) is 1.40. The molecule has 1 amide bonds. The second-order valence-electron chi connectivity index (χ2n) is 4.17. The zero-order chi connectivity index (χ0) is 14.5. The number of benzene rings is 1. The number of nitrogens with zero attached hydrogens (tertiary/aromatic N) is 2. The first-order valence-corrected chi connectivity index (χ1v) is 6.03. The monoisotopic (exact) mass is 276 g/mol. The molecule has 0 aliphatic heterocycles. The normalized spacial score (nSPS) is 11.8. The number of hydrogen-bond acceptors (Lipinski definition) is 5. The third kappa shape index (κ3) is 3.05. The van der Waals surface area contributed by atoms with Crippen LogP contribution in [0.5, 0.6) is 11.5 Å². The molecule has 0 aliphatic rings. The molecule has 0 aliphatic carbocycles. The van der Waals surface area contributed by atoms with Crippen molar-refractivity contribution in [3.8, 4) is 11.5 Å². The minimum absolute atomic E-state index is 0.244. The Morgan fingerprint density at radius 3 is 2.40 bits per heavy atom. The van der Waals surface area contributed by atoms with Crippen LogP contribution < -0.4 is 14.8 Å². The largest absolute Gasteiger partial charge is 0.497 e. The number of carbonyl (C=O) groups excluding carboxylic acids is 1. The number of rotatable bonds is 5. The number of H-pyrrole nitrogens is 1. The van der Waals surface area contributed by atoms with Crippen LogP contribution in [0.3, 0.4) is 0 Å². The highest BCUT2D eigenvalue weighted by molar-refractivity contribution is 5.95. The Hall–Kier alpha value is -2.57. The van der Waals surface area contributed by atoms with Crippen LogP contribution in [0.2, 0.25) is 0 Å². The predicted molar refractivity (Wildman–Crippen MR) is 71.8 cm³/mol. The summed E-state index contributed by atoms with van der Waals surface area (Å²) in [5.41, 5.74) is 0.451. The van der Waals surface area contributed by atoms with Gasteiger partial charge in [-0.1, -0.05) is 0 Å². The van der Waals surface area contributed by atoms with Crippen LogP contribution in [0, 0.1) is 0 Å². The molecular weight excluding hydrogens is 260 g/mol. The van der Waals surface area contributed by atoms with Crippen molar-refractivity contribution in [2.75, 3.05) is 14.2 Å². The van der Waals surface area contributed by atoms with Crippen molar-refractivity contribution >= 4 is 5.91 Å². The SMILES string of the molecule is COc1cc(OC)cc(C(=O)NC(C)c2ncn[nH]2)c1. The summed E-state index contributed by atoms with van der Waals surface area (Å²) in [5.74, 6) is 1.46. The van der Waals surface area contributed by atoms with Gasteiger partial charge in [-0.3, -0.25) is 9.89 Å². The fourth-order valence-corrected chi connectivity index (χ4v) is 1.71. The van der Waals surface area contributed by atoms with Crippen molar-refractivity contribution in [1.82, 2.24) is 20.5 Å². The number of aromatic nitrogens is 3. The zero-order valence-corrected chi connectivity index (χ0v) is 11.5. The maximum Gasteiger partial charge on any atom is 0.252 e. The highest BCUT2D eigenvalue weighted by atomic mass is 16.5. The molecule has 2 N–H and O–H groups in total. The van der Waals surface area contributed by atoms with Crippen molar-refractivity contribution in [3.63, 3.8) is 0 Å². The molecule has 1 heterocycles. The first-order chi connectivity index (χ1) is 9.63. The second kappa shape index (κ2) is 6.05. The number of hydrogen-bond donors (Lipinski definition) is 2. The van der Waals surface area contributed by atoms with Gasteiger partial charge in [0.05, 0.1) is 20.3 Å². The molecule has 1 aromatic heterocycles. The molecule has 7 nitrogen and oxygen atoms in total. The van der Waals surface area contributed by atoms with E-state index in [4.69, 9.17) is 9.47 Å². The van der Waals surface area contributed by atoms with E-state index in [2.05, 4.69) is 20.5 Å². The molecule has 0 spiro atoms. The van der Waals surface area contributed by atoms with Crippen LogP contribution >= 0.6 is 0 Å². The number of nitrogens with one attached hydrogen (secondary N) is 2. The van der Waals surface area contributed by atoms with Crippen LogP contribution in [0.15, 0.2) is 24.5 Å². The molecule has 106 valence electrons. The summed E-state index contributed by atoms with van der Waals surface area (Å²) in [4.78, 5) is 16.2. The van der Waals surface area contributed by atoms with E-state index in [0.29, 0.717) is 22.9 Å². The van der Waals surface area contributed by atoms with Gasteiger partial charge in [-0.25, -0.2) is 4.98 Å². The molecule has 0 bridgehead atoms. The van der Waals surface area contributed by atoms with E-state index in [9.17, 15) is 4.79 Å². The molecule has 20 heavy (non-hydrogen) atoms. The number of aromatic amines is 1. The Labute approximate surface area is 116 Å². The van der Waals surface area contributed by atoms with Gasteiger partial charge in [0.15, 0.2) is 0 Å². The molecule has 1 unspecified atom stereocenters. The van der Waals surface area contributed by atoms with Crippen LogP contribution in [0.4, 0.5) is 0 Å². The maximum atomic E-state index is 12.2. The van der Waals surface area contributed by atoms with E-state index in [0.717, 1.165) is 0 Å². The highest BCUT2D eigenvalue weighted by Crippen LogP contribution is 2.22. The standard InChI is InChI=1S/C13H16N4O3/c1-8(12-14-7-15-17-12)16-13(18)9-4-10(19-2)6-11(5-9)20-3/h4-8H,1-3H3,(H,16,18)(H,14,15,17). The molecule has 0 radical (unpaired) electrons.